The molecule has 1 atom stereocenters. The molecule has 2 rings (SSSR count). The van der Waals surface area contributed by atoms with Crippen LogP contribution in [-0.2, 0) is 9.47 Å². The van der Waals surface area contributed by atoms with Crippen LogP contribution in [0.5, 0.6) is 0 Å². The molecule has 0 saturated carbocycles. The van der Waals surface area contributed by atoms with Crippen LogP contribution in [0.4, 0.5) is 0 Å². The Hall–Kier alpha value is -0.160. The van der Waals surface area contributed by atoms with Crippen molar-refractivity contribution in [3.8, 4) is 0 Å². The number of nitrogens with two attached hydrogens (primary N) is 1. The summed E-state index contributed by atoms with van der Waals surface area (Å²) in [5.74, 6) is 0. The van der Waals surface area contributed by atoms with Crippen LogP contribution in [0.2, 0.25) is 0 Å². The van der Waals surface area contributed by atoms with E-state index in [4.69, 9.17) is 15.2 Å². The van der Waals surface area contributed by atoms with Crippen LogP contribution in [0.25, 0.3) is 0 Å². The summed E-state index contributed by atoms with van der Waals surface area (Å²) in [6, 6.07) is 0. The van der Waals surface area contributed by atoms with E-state index in [1.165, 1.54) is 0 Å². The molecule has 0 aromatic heterocycles. The number of morpholine rings is 1. The molecule has 0 radical (unpaired) electrons. The highest BCUT2D eigenvalue weighted by Crippen LogP contribution is 2.33. The third-order valence-corrected chi connectivity index (χ3v) is 3.68. The van der Waals surface area contributed by atoms with Crippen molar-refractivity contribution in [1.29, 1.82) is 0 Å². The van der Waals surface area contributed by atoms with Gasteiger partial charge < -0.3 is 15.2 Å². The average Bonchev–Trinajstić information content (AvgIpc) is 2.66. The van der Waals surface area contributed by atoms with Gasteiger partial charge in [0.2, 0.25) is 0 Å². The Morgan fingerprint density at radius 3 is 2.47 bits per heavy atom. The van der Waals surface area contributed by atoms with Crippen LogP contribution in [0.3, 0.4) is 0 Å². The Bertz CT molecular complexity index is 225. The SMILES string of the molecule is CC1(C)COCCN1C1(CN)CCOC1. The van der Waals surface area contributed by atoms with Gasteiger partial charge in [0.05, 0.1) is 25.4 Å². The third kappa shape index (κ3) is 1.91. The molecule has 0 aromatic rings. The van der Waals surface area contributed by atoms with Gasteiger partial charge in [-0.1, -0.05) is 0 Å². The first-order valence-corrected chi connectivity index (χ1v) is 5.74. The van der Waals surface area contributed by atoms with Crippen molar-refractivity contribution in [1.82, 2.24) is 4.90 Å². The molecule has 2 saturated heterocycles. The van der Waals surface area contributed by atoms with Crippen molar-refractivity contribution in [2.45, 2.75) is 31.3 Å². The monoisotopic (exact) mass is 214 g/mol. The van der Waals surface area contributed by atoms with E-state index in [-0.39, 0.29) is 11.1 Å². The van der Waals surface area contributed by atoms with E-state index in [2.05, 4.69) is 18.7 Å². The lowest BCUT2D eigenvalue weighted by atomic mass is 9.89. The Morgan fingerprint density at radius 1 is 1.20 bits per heavy atom. The molecule has 4 nitrogen and oxygen atoms in total. The molecule has 0 aromatic carbocycles. The zero-order valence-electron chi connectivity index (χ0n) is 9.79. The summed E-state index contributed by atoms with van der Waals surface area (Å²) < 4.78 is 11.1. The molecule has 1 unspecified atom stereocenters. The number of hydrogen-bond donors (Lipinski definition) is 1. The maximum Gasteiger partial charge on any atom is 0.0663 e. The van der Waals surface area contributed by atoms with E-state index >= 15 is 0 Å². The molecule has 2 aliphatic heterocycles. The summed E-state index contributed by atoms with van der Waals surface area (Å²) in [4.78, 5) is 2.50. The van der Waals surface area contributed by atoms with Crippen molar-refractivity contribution in [3.63, 3.8) is 0 Å². The fraction of sp³-hybridized carbons (Fsp3) is 1.00. The molecule has 2 N–H and O–H groups in total. The number of hydrogen-bond acceptors (Lipinski definition) is 4. The largest absolute Gasteiger partial charge is 0.379 e. The van der Waals surface area contributed by atoms with Crippen molar-refractivity contribution in [3.05, 3.63) is 0 Å². The maximum atomic E-state index is 5.96. The quantitative estimate of drug-likeness (QED) is 0.714. The van der Waals surface area contributed by atoms with Gasteiger partial charge in [-0.3, -0.25) is 4.90 Å². The van der Waals surface area contributed by atoms with Crippen LogP contribution in [0.1, 0.15) is 20.3 Å². The minimum atomic E-state index is 0.0489. The number of ether oxygens (including phenoxy) is 2. The van der Waals surface area contributed by atoms with Gasteiger partial charge in [0.15, 0.2) is 0 Å². The first-order chi connectivity index (χ1) is 7.11. The fourth-order valence-corrected chi connectivity index (χ4v) is 2.82. The highest BCUT2D eigenvalue weighted by atomic mass is 16.5. The molecule has 0 aliphatic carbocycles. The molecule has 0 amide bonds. The van der Waals surface area contributed by atoms with Crippen molar-refractivity contribution < 1.29 is 9.47 Å². The minimum absolute atomic E-state index is 0.0489. The predicted octanol–water partition coefficient (Wildman–Crippen LogP) is 0.215. The van der Waals surface area contributed by atoms with Crippen molar-refractivity contribution >= 4 is 0 Å². The van der Waals surface area contributed by atoms with Gasteiger partial charge in [0.25, 0.3) is 0 Å². The van der Waals surface area contributed by atoms with Crippen molar-refractivity contribution in [2.75, 3.05) is 39.5 Å². The summed E-state index contributed by atoms with van der Waals surface area (Å²) >= 11 is 0. The molecule has 0 spiro atoms. The third-order valence-electron chi connectivity index (χ3n) is 3.68. The van der Waals surface area contributed by atoms with Crippen LogP contribution in [0, 0.1) is 0 Å². The highest BCUT2D eigenvalue weighted by Gasteiger charge is 2.47. The molecule has 15 heavy (non-hydrogen) atoms. The lowest BCUT2D eigenvalue weighted by Gasteiger charge is -2.51. The van der Waals surface area contributed by atoms with Crippen LogP contribution in [-0.4, -0.2) is 55.5 Å². The Morgan fingerprint density at radius 2 is 1.93 bits per heavy atom. The van der Waals surface area contributed by atoms with Gasteiger partial charge in [-0.15, -0.1) is 0 Å². The maximum absolute atomic E-state index is 5.96. The van der Waals surface area contributed by atoms with Crippen molar-refractivity contribution in [2.24, 2.45) is 5.73 Å². The summed E-state index contributed by atoms with van der Waals surface area (Å²) in [7, 11) is 0. The second-order valence-electron chi connectivity index (χ2n) is 5.25. The average molecular weight is 214 g/mol. The number of nitrogens with zero attached hydrogens (tertiary/aromatic N) is 1. The Balaban J connectivity index is 2.18. The zero-order chi connectivity index (χ0) is 10.9. The lowest BCUT2D eigenvalue weighted by molar-refractivity contribution is -0.104. The van der Waals surface area contributed by atoms with E-state index in [9.17, 15) is 0 Å². The molecular weight excluding hydrogens is 192 g/mol. The van der Waals surface area contributed by atoms with Gasteiger partial charge in [0, 0.05) is 25.2 Å². The standard InChI is InChI=1S/C11H22N2O2/c1-10(2)8-15-6-4-13(10)11(7-12)3-5-14-9-11/h3-9,12H2,1-2H3. The Kier molecular flexibility index (Phi) is 3.03. The molecule has 2 heterocycles. The summed E-state index contributed by atoms with van der Waals surface area (Å²) in [6.07, 6.45) is 1.05. The molecule has 0 bridgehead atoms. The molecular formula is C11H22N2O2. The number of rotatable bonds is 2. The first kappa shape index (κ1) is 11.3. The van der Waals surface area contributed by atoms with Crippen LogP contribution < -0.4 is 5.73 Å². The summed E-state index contributed by atoms with van der Waals surface area (Å²) in [6.45, 7) is 9.30. The summed E-state index contributed by atoms with van der Waals surface area (Å²) in [5, 5.41) is 0. The fourth-order valence-electron chi connectivity index (χ4n) is 2.82. The highest BCUT2D eigenvalue weighted by molar-refractivity contribution is 5.02. The van der Waals surface area contributed by atoms with Crippen LogP contribution in [0.15, 0.2) is 0 Å². The normalized spacial score (nSPS) is 37.0. The Labute approximate surface area is 91.7 Å². The second kappa shape index (κ2) is 4.01. The summed E-state index contributed by atoms with van der Waals surface area (Å²) in [5.41, 5.74) is 6.08. The van der Waals surface area contributed by atoms with Gasteiger partial charge in [-0.05, 0) is 20.3 Å². The predicted molar refractivity (Wildman–Crippen MR) is 58.8 cm³/mol. The van der Waals surface area contributed by atoms with E-state index in [0.717, 1.165) is 39.4 Å². The van der Waals surface area contributed by atoms with Gasteiger partial charge in [0.1, 0.15) is 0 Å². The smallest absolute Gasteiger partial charge is 0.0663 e. The van der Waals surface area contributed by atoms with Gasteiger partial charge in [-0.2, -0.15) is 0 Å². The molecule has 4 heteroatoms. The minimum Gasteiger partial charge on any atom is -0.379 e. The topological polar surface area (TPSA) is 47.7 Å². The van der Waals surface area contributed by atoms with Gasteiger partial charge >= 0.3 is 0 Å². The molecule has 88 valence electrons. The molecule has 2 fully saturated rings. The van der Waals surface area contributed by atoms with Crippen LogP contribution >= 0.6 is 0 Å². The second-order valence-corrected chi connectivity index (χ2v) is 5.25. The van der Waals surface area contributed by atoms with Gasteiger partial charge in [-0.25, -0.2) is 0 Å². The first-order valence-electron chi connectivity index (χ1n) is 5.74. The van der Waals surface area contributed by atoms with E-state index in [0.29, 0.717) is 6.54 Å². The zero-order valence-corrected chi connectivity index (χ0v) is 9.79. The molecule has 2 aliphatic rings. The lowest BCUT2D eigenvalue weighted by Crippen LogP contribution is -2.66. The van der Waals surface area contributed by atoms with E-state index in [1.807, 2.05) is 0 Å². The van der Waals surface area contributed by atoms with E-state index in [1.54, 1.807) is 0 Å². The van der Waals surface area contributed by atoms with E-state index < -0.39 is 0 Å².